The molecule has 4 nitrogen and oxygen atoms in total. The summed E-state index contributed by atoms with van der Waals surface area (Å²) >= 11 is 0. The van der Waals surface area contributed by atoms with Crippen LogP contribution in [0.3, 0.4) is 0 Å². The van der Waals surface area contributed by atoms with Crippen molar-refractivity contribution in [1.29, 1.82) is 0 Å². The first kappa shape index (κ1) is 10.3. The summed E-state index contributed by atoms with van der Waals surface area (Å²) in [6.07, 6.45) is 7.23. The molecule has 0 aromatic carbocycles. The van der Waals surface area contributed by atoms with Gasteiger partial charge in [0, 0.05) is 12.3 Å². The second-order valence-electron chi connectivity index (χ2n) is 5.06. The van der Waals surface area contributed by atoms with E-state index in [1.165, 1.54) is 32.1 Å². The molecule has 1 N–H and O–H groups in total. The van der Waals surface area contributed by atoms with Gasteiger partial charge in [-0.3, -0.25) is 0 Å². The molecule has 2 aliphatic rings. The van der Waals surface area contributed by atoms with Crippen molar-refractivity contribution in [1.82, 2.24) is 15.5 Å². The third-order valence-electron chi connectivity index (χ3n) is 3.57. The molecule has 4 heteroatoms. The van der Waals surface area contributed by atoms with Gasteiger partial charge in [-0.25, -0.2) is 0 Å². The van der Waals surface area contributed by atoms with Gasteiger partial charge in [0.05, 0.1) is 0 Å². The Bertz CT molecular complexity index is 338. The SMILES string of the molecule is C1CNCCC(Cc2nnc(C3CC3)o2)C1. The standard InChI is InChI=1S/C12H19N3O/c1-2-9(5-7-13-6-1)8-11-14-15-12(16-11)10-3-4-10/h9-10,13H,1-8H2. The lowest BCUT2D eigenvalue weighted by Gasteiger charge is -2.09. The maximum atomic E-state index is 5.71. The third kappa shape index (κ3) is 2.43. The van der Waals surface area contributed by atoms with Gasteiger partial charge in [-0.2, -0.15) is 0 Å². The summed E-state index contributed by atoms with van der Waals surface area (Å²) in [5.74, 6) is 3.04. The van der Waals surface area contributed by atoms with E-state index in [1.807, 2.05) is 0 Å². The van der Waals surface area contributed by atoms with Crippen LogP contribution in [-0.4, -0.2) is 23.3 Å². The number of hydrogen-bond acceptors (Lipinski definition) is 4. The minimum Gasteiger partial charge on any atom is -0.425 e. The molecule has 1 aliphatic heterocycles. The predicted molar refractivity (Wildman–Crippen MR) is 60.2 cm³/mol. The Morgan fingerprint density at radius 1 is 1.12 bits per heavy atom. The molecule has 0 spiro atoms. The highest BCUT2D eigenvalue weighted by molar-refractivity contribution is 5.00. The first-order chi connectivity index (χ1) is 7.92. The van der Waals surface area contributed by atoms with E-state index in [2.05, 4.69) is 15.5 Å². The smallest absolute Gasteiger partial charge is 0.219 e. The summed E-state index contributed by atoms with van der Waals surface area (Å²) in [4.78, 5) is 0. The zero-order valence-corrected chi connectivity index (χ0v) is 9.61. The molecule has 16 heavy (non-hydrogen) atoms. The van der Waals surface area contributed by atoms with Crippen molar-refractivity contribution in [2.45, 2.75) is 44.4 Å². The molecular weight excluding hydrogens is 202 g/mol. The summed E-state index contributed by atoms with van der Waals surface area (Å²) < 4.78 is 5.71. The Hall–Kier alpha value is -0.900. The molecule has 2 heterocycles. The molecule has 1 aromatic rings. The maximum Gasteiger partial charge on any atom is 0.219 e. The van der Waals surface area contributed by atoms with Crippen LogP contribution in [0.2, 0.25) is 0 Å². The number of rotatable bonds is 3. The maximum absolute atomic E-state index is 5.71. The van der Waals surface area contributed by atoms with Gasteiger partial charge in [-0.15, -0.1) is 10.2 Å². The van der Waals surface area contributed by atoms with Crippen LogP contribution in [0.1, 0.15) is 49.8 Å². The zero-order chi connectivity index (χ0) is 10.8. The topological polar surface area (TPSA) is 51.0 Å². The number of nitrogens with zero attached hydrogens (tertiary/aromatic N) is 2. The molecule has 1 atom stereocenters. The quantitative estimate of drug-likeness (QED) is 0.846. The highest BCUT2D eigenvalue weighted by atomic mass is 16.4. The van der Waals surface area contributed by atoms with Crippen LogP contribution < -0.4 is 5.32 Å². The number of hydrogen-bond donors (Lipinski definition) is 1. The molecule has 1 unspecified atom stereocenters. The minimum atomic E-state index is 0.581. The van der Waals surface area contributed by atoms with Crippen molar-refractivity contribution in [3.05, 3.63) is 11.8 Å². The summed E-state index contributed by atoms with van der Waals surface area (Å²) in [6, 6.07) is 0. The molecule has 0 bridgehead atoms. The van der Waals surface area contributed by atoms with E-state index in [4.69, 9.17) is 4.42 Å². The van der Waals surface area contributed by atoms with Gasteiger partial charge in [0.15, 0.2) is 0 Å². The lowest BCUT2D eigenvalue weighted by molar-refractivity contribution is 0.385. The highest BCUT2D eigenvalue weighted by Gasteiger charge is 2.29. The predicted octanol–water partition coefficient (Wildman–Crippen LogP) is 1.88. The summed E-state index contributed by atoms with van der Waals surface area (Å²) in [6.45, 7) is 2.29. The van der Waals surface area contributed by atoms with Gasteiger partial charge in [-0.1, -0.05) is 0 Å². The molecule has 3 rings (SSSR count). The normalized spacial score (nSPS) is 26.6. The van der Waals surface area contributed by atoms with Gasteiger partial charge in [-0.05, 0) is 51.1 Å². The average molecular weight is 221 g/mol. The van der Waals surface area contributed by atoms with Gasteiger partial charge < -0.3 is 9.73 Å². The number of nitrogens with one attached hydrogen (secondary N) is 1. The summed E-state index contributed by atoms with van der Waals surface area (Å²) in [5, 5.41) is 11.7. The Morgan fingerprint density at radius 3 is 2.94 bits per heavy atom. The van der Waals surface area contributed by atoms with Gasteiger partial charge in [0.25, 0.3) is 0 Å². The fourth-order valence-corrected chi connectivity index (χ4v) is 2.39. The molecule has 1 aromatic heterocycles. The Balaban J connectivity index is 1.58. The lowest BCUT2D eigenvalue weighted by Crippen LogP contribution is -2.14. The number of aromatic nitrogens is 2. The van der Waals surface area contributed by atoms with Crippen molar-refractivity contribution >= 4 is 0 Å². The van der Waals surface area contributed by atoms with Crippen molar-refractivity contribution in [2.24, 2.45) is 5.92 Å². The molecular formula is C12H19N3O. The molecule has 0 amide bonds. The van der Waals surface area contributed by atoms with E-state index in [1.54, 1.807) is 0 Å². The molecule has 1 saturated heterocycles. The van der Waals surface area contributed by atoms with Crippen molar-refractivity contribution in [3.63, 3.8) is 0 Å². The Labute approximate surface area is 95.8 Å². The van der Waals surface area contributed by atoms with E-state index in [-0.39, 0.29) is 0 Å². The van der Waals surface area contributed by atoms with Crippen molar-refractivity contribution in [3.8, 4) is 0 Å². The van der Waals surface area contributed by atoms with Crippen LogP contribution in [0, 0.1) is 5.92 Å². The van der Waals surface area contributed by atoms with E-state index in [9.17, 15) is 0 Å². The van der Waals surface area contributed by atoms with Crippen LogP contribution in [0.15, 0.2) is 4.42 Å². The fourth-order valence-electron chi connectivity index (χ4n) is 2.39. The molecule has 1 aliphatic carbocycles. The van der Waals surface area contributed by atoms with E-state index >= 15 is 0 Å². The van der Waals surface area contributed by atoms with Crippen LogP contribution >= 0.6 is 0 Å². The molecule has 2 fully saturated rings. The van der Waals surface area contributed by atoms with Gasteiger partial charge in [0.1, 0.15) is 0 Å². The monoisotopic (exact) mass is 221 g/mol. The van der Waals surface area contributed by atoms with Gasteiger partial charge >= 0.3 is 0 Å². The van der Waals surface area contributed by atoms with E-state index < -0.39 is 0 Å². The van der Waals surface area contributed by atoms with Gasteiger partial charge in [0.2, 0.25) is 11.8 Å². The second kappa shape index (κ2) is 4.53. The van der Waals surface area contributed by atoms with Crippen LogP contribution in [-0.2, 0) is 6.42 Å². The van der Waals surface area contributed by atoms with E-state index in [0.717, 1.165) is 37.2 Å². The third-order valence-corrected chi connectivity index (χ3v) is 3.57. The summed E-state index contributed by atoms with van der Waals surface area (Å²) in [5.41, 5.74) is 0. The fraction of sp³-hybridized carbons (Fsp3) is 0.833. The lowest BCUT2D eigenvalue weighted by atomic mass is 9.97. The minimum absolute atomic E-state index is 0.581. The highest BCUT2D eigenvalue weighted by Crippen LogP contribution is 2.39. The zero-order valence-electron chi connectivity index (χ0n) is 9.61. The average Bonchev–Trinajstić information content (AvgIpc) is 3.07. The Morgan fingerprint density at radius 2 is 2.06 bits per heavy atom. The van der Waals surface area contributed by atoms with Crippen molar-refractivity contribution in [2.75, 3.05) is 13.1 Å². The van der Waals surface area contributed by atoms with E-state index in [0.29, 0.717) is 5.92 Å². The van der Waals surface area contributed by atoms with Crippen molar-refractivity contribution < 1.29 is 4.42 Å². The second-order valence-corrected chi connectivity index (χ2v) is 5.06. The largest absolute Gasteiger partial charge is 0.425 e. The molecule has 1 saturated carbocycles. The first-order valence-electron chi connectivity index (χ1n) is 6.45. The summed E-state index contributed by atoms with van der Waals surface area (Å²) in [7, 11) is 0. The van der Waals surface area contributed by atoms with Crippen LogP contribution in [0.4, 0.5) is 0 Å². The van der Waals surface area contributed by atoms with Crippen LogP contribution in [0.5, 0.6) is 0 Å². The molecule has 88 valence electrons. The molecule has 0 radical (unpaired) electrons. The van der Waals surface area contributed by atoms with Crippen LogP contribution in [0.25, 0.3) is 0 Å². The Kier molecular flexibility index (Phi) is 2.91. The first-order valence-corrected chi connectivity index (χ1v) is 6.45.